The maximum atomic E-state index is 13.3. The van der Waals surface area contributed by atoms with Gasteiger partial charge in [-0.2, -0.15) is 13.2 Å². The number of benzene rings is 1. The van der Waals surface area contributed by atoms with Gasteiger partial charge in [-0.25, -0.2) is 8.78 Å². The Morgan fingerprint density at radius 1 is 1.00 bits per heavy atom. The van der Waals surface area contributed by atoms with E-state index in [4.69, 9.17) is 0 Å². The second-order valence-electron chi connectivity index (χ2n) is 3.63. The summed E-state index contributed by atoms with van der Waals surface area (Å²) in [5.41, 5.74) is -2.46. The van der Waals surface area contributed by atoms with Gasteiger partial charge >= 0.3 is 12.5 Å². The molecule has 0 spiro atoms. The van der Waals surface area contributed by atoms with E-state index in [1.54, 1.807) is 0 Å². The van der Waals surface area contributed by atoms with Crippen LogP contribution in [0.4, 0.5) is 35.1 Å². The quantitative estimate of drug-likeness (QED) is 0.563. The molecule has 116 valence electrons. The topological polar surface area (TPSA) is 9.23 Å². The molecule has 0 saturated carbocycles. The van der Waals surface area contributed by atoms with Crippen LogP contribution in [0.2, 0.25) is 0 Å². The van der Waals surface area contributed by atoms with E-state index in [0.29, 0.717) is 6.08 Å². The Morgan fingerprint density at radius 2 is 1.48 bits per heavy atom. The Balaban J connectivity index is 3.37. The first kappa shape index (κ1) is 17.0. The standard InChI is InChI=1S/C12H6F8O/c1-2-3-7(11(15,16)17)6-4-8(13)10(9(14)5-6)21-12(18,19)20/h2-5H,1H2. The molecule has 0 fully saturated rings. The lowest BCUT2D eigenvalue weighted by molar-refractivity contribution is -0.276. The zero-order chi connectivity index (χ0) is 16.4. The van der Waals surface area contributed by atoms with Gasteiger partial charge in [0, 0.05) is 0 Å². The lowest BCUT2D eigenvalue weighted by atomic mass is 10.0. The smallest absolute Gasteiger partial charge is 0.399 e. The van der Waals surface area contributed by atoms with E-state index in [9.17, 15) is 35.1 Å². The maximum absolute atomic E-state index is 13.3. The van der Waals surface area contributed by atoms with Gasteiger partial charge < -0.3 is 4.74 Å². The molecule has 0 aliphatic heterocycles. The number of allylic oxidation sites excluding steroid dienone is 3. The lowest BCUT2D eigenvalue weighted by Gasteiger charge is -2.15. The highest BCUT2D eigenvalue weighted by Crippen LogP contribution is 2.37. The van der Waals surface area contributed by atoms with Crippen LogP contribution in [0, 0.1) is 11.6 Å². The molecule has 0 aliphatic rings. The Kier molecular flexibility index (Phi) is 4.65. The highest BCUT2D eigenvalue weighted by molar-refractivity contribution is 5.71. The fourth-order valence-electron chi connectivity index (χ4n) is 1.40. The summed E-state index contributed by atoms with van der Waals surface area (Å²) in [7, 11) is 0. The molecule has 1 aromatic carbocycles. The minimum atomic E-state index is -5.38. The second kappa shape index (κ2) is 5.74. The molecule has 0 amide bonds. The minimum absolute atomic E-state index is 0.0903. The fraction of sp³-hybridized carbons (Fsp3) is 0.167. The number of hydrogen-bond donors (Lipinski definition) is 0. The van der Waals surface area contributed by atoms with E-state index < -0.39 is 41.1 Å². The molecule has 0 saturated heterocycles. The molecule has 1 nitrogen and oxygen atoms in total. The van der Waals surface area contributed by atoms with E-state index >= 15 is 0 Å². The number of halogens is 8. The Labute approximate surface area is 113 Å². The predicted octanol–water partition coefficient (Wildman–Crippen LogP) is 5.00. The van der Waals surface area contributed by atoms with Crippen LogP contribution in [0.5, 0.6) is 5.75 Å². The van der Waals surface area contributed by atoms with Crippen molar-refractivity contribution in [1.29, 1.82) is 0 Å². The summed E-state index contributed by atoms with van der Waals surface area (Å²) in [6.45, 7) is 3.01. The zero-order valence-corrected chi connectivity index (χ0v) is 9.95. The first-order valence-electron chi connectivity index (χ1n) is 5.11. The van der Waals surface area contributed by atoms with Crippen molar-refractivity contribution in [2.24, 2.45) is 0 Å². The third-order valence-electron chi connectivity index (χ3n) is 2.12. The van der Waals surface area contributed by atoms with E-state index in [2.05, 4.69) is 11.3 Å². The highest BCUT2D eigenvalue weighted by atomic mass is 19.4. The molecule has 0 bridgehead atoms. The van der Waals surface area contributed by atoms with Crippen LogP contribution < -0.4 is 4.74 Å². The van der Waals surface area contributed by atoms with Crippen LogP contribution in [0.1, 0.15) is 5.56 Å². The van der Waals surface area contributed by atoms with Crippen molar-refractivity contribution >= 4 is 5.57 Å². The van der Waals surface area contributed by atoms with Gasteiger partial charge in [0.05, 0.1) is 5.57 Å². The van der Waals surface area contributed by atoms with Crippen molar-refractivity contribution in [2.45, 2.75) is 12.5 Å². The normalized spacial score (nSPS) is 13.2. The van der Waals surface area contributed by atoms with Gasteiger partial charge in [-0.05, 0) is 23.8 Å². The number of ether oxygens (including phenoxy) is 1. The molecule has 21 heavy (non-hydrogen) atoms. The summed E-state index contributed by atoms with van der Waals surface area (Å²) in [6.07, 6.45) is -9.20. The third kappa shape index (κ3) is 4.47. The van der Waals surface area contributed by atoms with Crippen LogP contribution in [0.3, 0.4) is 0 Å². The largest absolute Gasteiger partial charge is 0.573 e. The summed E-state index contributed by atoms with van der Waals surface area (Å²) in [6, 6.07) is 0.181. The van der Waals surface area contributed by atoms with Crippen molar-refractivity contribution in [3.8, 4) is 5.75 Å². The van der Waals surface area contributed by atoms with E-state index in [1.807, 2.05) is 0 Å². The van der Waals surface area contributed by atoms with Gasteiger partial charge in [-0.15, -0.1) is 13.2 Å². The van der Waals surface area contributed by atoms with Crippen LogP contribution >= 0.6 is 0 Å². The Morgan fingerprint density at radius 3 is 1.81 bits per heavy atom. The minimum Gasteiger partial charge on any atom is -0.399 e. The van der Waals surface area contributed by atoms with Crippen molar-refractivity contribution in [3.63, 3.8) is 0 Å². The number of rotatable bonds is 3. The molecule has 0 heterocycles. The van der Waals surface area contributed by atoms with Crippen molar-refractivity contribution in [3.05, 3.63) is 48.1 Å². The van der Waals surface area contributed by atoms with Gasteiger partial charge in [-0.1, -0.05) is 12.7 Å². The summed E-state index contributed by atoms with van der Waals surface area (Å²) in [5.74, 6) is -5.66. The molecule has 0 aliphatic carbocycles. The summed E-state index contributed by atoms with van der Waals surface area (Å²) in [4.78, 5) is 0. The molecule has 0 aromatic heterocycles. The van der Waals surface area contributed by atoms with Crippen LogP contribution in [-0.4, -0.2) is 12.5 Å². The monoisotopic (exact) mass is 318 g/mol. The zero-order valence-electron chi connectivity index (χ0n) is 9.95. The van der Waals surface area contributed by atoms with Crippen molar-refractivity contribution in [2.75, 3.05) is 0 Å². The molecule has 0 N–H and O–H groups in total. The van der Waals surface area contributed by atoms with Gasteiger partial charge in [-0.3, -0.25) is 0 Å². The van der Waals surface area contributed by atoms with E-state index in [1.165, 1.54) is 0 Å². The average Bonchev–Trinajstić information content (AvgIpc) is 2.28. The van der Waals surface area contributed by atoms with Crippen LogP contribution in [0.15, 0.2) is 30.9 Å². The molecular weight excluding hydrogens is 312 g/mol. The molecule has 0 unspecified atom stereocenters. The molecule has 9 heteroatoms. The fourth-order valence-corrected chi connectivity index (χ4v) is 1.40. The lowest BCUT2D eigenvalue weighted by Crippen LogP contribution is -2.19. The van der Waals surface area contributed by atoms with Gasteiger partial charge in [0.15, 0.2) is 11.6 Å². The van der Waals surface area contributed by atoms with Crippen molar-refractivity contribution < 1.29 is 39.9 Å². The van der Waals surface area contributed by atoms with E-state index in [0.717, 1.165) is 6.08 Å². The second-order valence-corrected chi connectivity index (χ2v) is 3.63. The summed E-state index contributed by atoms with van der Waals surface area (Å²) < 4.78 is 103. The summed E-state index contributed by atoms with van der Waals surface area (Å²) >= 11 is 0. The first-order valence-corrected chi connectivity index (χ1v) is 5.11. The summed E-state index contributed by atoms with van der Waals surface area (Å²) in [5, 5.41) is 0. The van der Waals surface area contributed by atoms with Gasteiger partial charge in [0.1, 0.15) is 0 Å². The first-order chi connectivity index (χ1) is 9.45. The Hall–Kier alpha value is -2.06. The molecular formula is C12H6F8O. The number of alkyl halides is 6. The SMILES string of the molecule is C=CC=C(c1cc(F)c(OC(F)(F)F)c(F)c1)C(F)(F)F. The highest BCUT2D eigenvalue weighted by Gasteiger charge is 2.37. The Bertz CT molecular complexity index is 545. The number of hydrogen-bond acceptors (Lipinski definition) is 1. The molecule has 1 aromatic rings. The average molecular weight is 318 g/mol. The molecule has 1 rings (SSSR count). The van der Waals surface area contributed by atoms with Crippen LogP contribution in [0.25, 0.3) is 5.57 Å². The molecule has 0 radical (unpaired) electrons. The van der Waals surface area contributed by atoms with Gasteiger partial charge in [0.2, 0.25) is 5.75 Å². The van der Waals surface area contributed by atoms with Gasteiger partial charge in [0.25, 0.3) is 0 Å². The molecule has 0 atom stereocenters. The third-order valence-corrected chi connectivity index (χ3v) is 2.12. The van der Waals surface area contributed by atoms with Crippen LogP contribution in [-0.2, 0) is 0 Å². The predicted molar refractivity (Wildman–Crippen MR) is 57.3 cm³/mol. The maximum Gasteiger partial charge on any atom is 0.573 e. The van der Waals surface area contributed by atoms with Crippen molar-refractivity contribution in [1.82, 2.24) is 0 Å². The van der Waals surface area contributed by atoms with E-state index in [-0.39, 0.29) is 12.1 Å².